The normalized spacial score (nSPS) is 10.2. The molecule has 0 bridgehead atoms. The maximum Gasteiger partial charge on any atom is 0.257 e. The van der Waals surface area contributed by atoms with Gasteiger partial charge in [0, 0.05) is 16.7 Å². The van der Waals surface area contributed by atoms with Crippen molar-refractivity contribution in [2.24, 2.45) is 0 Å². The van der Waals surface area contributed by atoms with Gasteiger partial charge in [-0.3, -0.25) is 4.79 Å². The summed E-state index contributed by atoms with van der Waals surface area (Å²) < 4.78 is 0.855. The lowest BCUT2D eigenvalue weighted by molar-refractivity contribution is 0.102. The zero-order valence-electron chi connectivity index (χ0n) is 13.0. The van der Waals surface area contributed by atoms with Gasteiger partial charge in [0.1, 0.15) is 0 Å². The Morgan fingerprint density at radius 2 is 1.42 bits per heavy atom. The Balaban J connectivity index is 1.76. The second kappa shape index (κ2) is 7.79. The molecule has 0 spiro atoms. The van der Waals surface area contributed by atoms with Crippen molar-refractivity contribution < 1.29 is 4.79 Å². The van der Waals surface area contributed by atoms with E-state index in [1.165, 1.54) is 5.56 Å². The van der Waals surface area contributed by atoms with Crippen molar-refractivity contribution >= 4 is 33.2 Å². The third-order valence-electron chi connectivity index (χ3n) is 3.62. The molecule has 2 N–H and O–H groups in total. The van der Waals surface area contributed by atoms with Gasteiger partial charge >= 0.3 is 0 Å². The minimum absolute atomic E-state index is 0.141. The number of carbonyl (C=O) groups excluding carboxylic acids is 1. The largest absolute Gasteiger partial charge is 0.380 e. The van der Waals surface area contributed by atoms with Crippen molar-refractivity contribution in [2.45, 2.75) is 6.54 Å². The first-order chi connectivity index (χ1) is 11.7. The van der Waals surface area contributed by atoms with E-state index in [4.69, 9.17) is 0 Å². The van der Waals surface area contributed by atoms with Crippen LogP contribution >= 0.6 is 15.9 Å². The first-order valence-corrected chi connectivity index (χ1v) is 8.46. The first kappa shape index (κ1) is 16.3. The van der Waals surface area contributed by atoms with Gasteiger partial charge in [-0.25, -0.2) is 0 Å². The molecular weight excluding hydrogens is 364 g/mol. The molecule has 0 saturated heterocycles. The average Bonchev–Trinajstić information content (AvgIpc) is 2.63. The highest BCUT2D eigenvalue weighted by molar-refractivity contribution is 9.10. The van der Waals surface area contributed by atoms with Crippen LogP contribution in [0.15, 0.2) is 83.3 Å². The molecule has 0 heterocycles. The molecule has 0 radical (unpaired) electrons. The fourth-order valence-electron chi connectivity index (χ4n) is 2.38. The molecule has 120 valence electrons. The number of amides is 1. The molecule has 0 aliphatic rings. The van der Waals surface area contributed by atoms with E-state index in [2.05, 4.69) is 38.7 Å². The zero-order chi connectivity index (χ0) is 16.8. The molecular formula is C20H17BrN2O. The monoisotopic (exact) mass is 380 g/mol. The summed E-state index contributed by atoms with van der Waals surface area (Å²) in [5.41, 5.74) is 3.34. The van der Waals surface area contributed by atoms with Gasteiger partial charge < -0.3 is 10.6 Å². The third-order valence-corrected chi connectivity index (χ3v) is 4.31. The average molecular weight is 381 g/mol. The van der Waals surface area contributed by atoms with E-state index in [0.29, 0.717) is 12.1 Å². The van der Waals surface area contributed by atoms with Crippen LogP contribution in [0.4, 0.5) is 11.4 Å². The van der Waals surface area contributed by atoms with Gasteiger partial charge in [-0.05, 0) is 45.8 Å². The molecule has 0 aromatic heterocycles. The van der Waals surface area contributed by atoms with Gasteiger partial charge in [0.25, 0.3) is 5.91 Å². The maximum absolute atomic E-state index is 12.6. The molecule has 0 aliphatic heterocycles. The predicted molar refractivity (Wildman–Crippen MR) is 102 cm³/mol. The summed E-state index contributed by atoms with van der Waals surface area (Å²) in [7, 11) is 0. The summed E-state index contributed by atoms with van der Waals surface area (Å²) in [6.45, 7) is 0.667. The fraction of sp³-hybridized carbons (Fsp3) is 0.0500. The van der Waals surface area contributed by atoms with E-state index in [0.717, 1.165) is 15.8 Å². The minimum atomic E-state index is -0.141. The Morgan fingerprint density at radius 3 is 2.17 bits per heavy atom. The Morgan fingerprint density at radius 1 is 0.792 bits per heavy atom. The molecule has 3 aromatic carbocycles. The standard InChI is InChI=1S/C20H17BrN2O/c21-17-11-5-7-13-19(17)23-20(24)16-10-4-6-12-18(16)22-14-15-8-2-1-3-9-15/h1-13,22H,14H2,(H,23,24). The van der Waals surface area contributed by atoms with Gasteiger partial charge in [0.2, 0.25) is 0 Å². The van der Waals surface area contributed by atoms with Crippen molar-refractivity contribution in [3.63, 3.8) is 0 Å². The Hall–Kier alpha value is -2.59. The summed E-state index contributed by atoms with van der Waals surface area (Å²) in [6.07, 6.45) is 0. The molecule has 1 amide bonds. The molecule has 3 nitrogen and oxygen atoms in total. The highest BCUT2D eigenvalue weighted by Gasteiger charge is 2.12. The second-order valence-electron chi connectivity index (χ2n) is 5.32. The molecule has 0 atom stereocenters. The smallest absolute Gasteiger partial charge is 0.257 e. The van der Waals surface area contributed by atoms with E-state index in [1.807, 2.05) is 66.7 Å². The van der Waals surface area contributed by atoms with Crippen molar-refractivity contribution in [2.75, 3.05) is 10.6 Å². The van der Waals surface area contributed by atoms with Crippen LogP contribution in [0.2, 0.25) is 0 Å². The van der Waals surface area contributed by atoms with Crippen molar-refractivity contribution in [1.29, 1.82) is 0 Å². The van der Waals surface area contributed by atoms with E-state index in [-0.39, 0.29) is 5.91 Å². The maximum atomic E-state index is 12.6. The minimum Gasteiger partial charge on any atom is -0.380 e. The zero-order valence-corrected chi connectivity index (χ0v) is 14.6. The van der Waals surface area contributed by atoms with Gasteiger partial charge in [0.05, 0.1) is 11.3 Å². The fourth-order valence-corrected chi connectivity index (χ4v) is 2.76. The van der Waals surface area contributed by atoms with Gasteiger partial charge in [-0.2, -0.15) is 0 Å². The number of halogens is 1. The summed E-state index contributed by atoms with van der Waals surface area (Å²) >= 11 is 3.45. The Kier molecular flexibility index (Phi) is 5.29. The van der Waals surface area contributed by atoms with Crippen LogP contribution in [0, 0.1) is 0 Å². The van der Waals surface area contributed by atoms with Crippen molar-refractivity contribution in [3.05, 3.63) is 94.5 Å². The Labute approximate surface area is 149 Å². The summed E-state index contributed by atoms with van der Waals surface area (Å²) in [6, 6.07) is 25.2. The van der Waals surface area contributed by atoms with E-state index in [1.54, 1.807) is 0 Å². The van der Waals surface area contributed by atoms with Crippen LogP contribution in [-0.2, 0) is 6.54 Å². The molecule has 3 rings (SSSR count). The van der Waals surface area contributed by atoms with E-state index in [9.17, 15) is 4.79 Å². The summed E-state index contributed by atoms with van der Waals surface area (Å²) in [5, 5.41) is 6.28. The van der Waals surface area contributed by atoms with Crippen LogP contribution < -0.4 is 10.6 Å². The SMILES string of the molecule is O=C(Nc1ccccc1Br)c1ccccc1NCc1ccccc1. The van der Waals surface area contributed by atoms with E-state index >= 15 is 0 Å². The number of hydrogen-bond acceptors (Lipinski definition) is 2. The summed E-state index contributed by atoms with van der Waals surface area (Å²) in [4.78, 5) is 12.6. The van der Waals surface area contributed by atoms with E-state index < -0.39 is 0 Å². The second-order valence-corrected chi connectivity index (χ2v) is 6.17. The summed E-state index contributed by atoms with van der Waals surface area (Å²) in [5.74, 6) is -0.141. The topological polar surface area (TPSA) is 41.1 Å². The van der Waals surface area contributed by atoms with Crippen LogP contribution in [0.5, 0.6) is 0 Å². The number of benzene rings is 3. The van der Waals surface area contributed by atoms with Crippen LogP contribution in [0.1, 0.15) is 15.9 Å². The van der Waals surface area contributed by atoms with Gasteiger partial charge in [0.15, 0.2) is 0 Å². The quantitative estimate of drug-likeness (QED) is 0.629. The number of para-hydroxylation sites is 2. The Bertz CT molecular complexity index is 834. The molecule has 0 fully saturated rings. The van der Waals surface area contributed by atoms with Crippen LogP contribution in [-0.4, -0.2) is 5.91 Å². The molecule has 3 aromatic rings. The van der Waals surface area contributed by atoms with Gasteiger partial charge in [-0.1, -0.05) is 54.6 Å². The lowest BCUT2D eigenvalue weighted by Crippen LogP contribution is -2.15. The number of carbonyl (C=O) groups is 1. The van der Waals surface area contributed by atoms with Crippen molar-refractivity contribution in [3.8, 4) is 0 Å². The number of rotatable bonds is 5. The predicted octanol–water partition coefficient (Wildman–Crippen LogP) is 5.31. The highest BCUT2D eigenvalue weighted by Crippen LogP contribution is 2.23. The highest BCUT2D eigenvalue weighted by atomic mass is 79.9. The number of anilines is 2. The number of nitrogens with one attached hydrogen (secondary N) is 2. The molecule has 0 unspecified atom stereocenters. The third kappa shape index (κ3) is 4.03. The molecule has 0 aliphatic carbocycles. The van der Waals surface area contributed by atoms with Gasteiger partial charge in [-0.15, -0.1) is 0 Å². The van der Waals surface area contributed by atoms with Crippen molar-refractivity contribution in [1.82, 2.24) is 0 Å². The molecule has 0 saturated carbocycles. The molecule has 24 heavy (non-hydrogen) atoms. The number of hydrogen-bond donors (Lipinski definition) is 2. The first-order valence-electron chi connectivity index (χ1n) is 7.67. The van der Waals surface area contributed by atoms with Crippen LogP contribution in [0.25, 0.3) is 0 Å². The van der Waals surface area contributed by atoms with Crippen LogP contribution in [0.3, 0.4) is 0 Å². The molecule has 4 heteroatoms. The lowest BCUT2D eigenvalue weighted by Gasteiger charge is -2.13. The lowest BCUT2D eigenvalue weighted by atomic mass is 10.1.